The number of aryl methyl sites for hydroxylation is 1. The van der Waals surface area contributed by atoms with Gasteiger partial charge in [-0.05, 0) is 36.8 Å². The van der Waals surface area contributed by atoms with Gasteiger partial charge in [-0.2, -0.15) is 0 Å². The number of hydrogen-bond donors (Lipinski definition) is 1. The third-order valence-electron chi connectivity index (χ3n) is 5.06. The lowest BCUT2D eigenvalue weighted by Crippen LogP contribution is -2.24. The maximum Gasteiger partial charge on any atom is 0.244 e. The molecule has 4 aromatic rings. The van der Waals surface area contributed by atoms with Crippen molar-refractivity contribution in [3.05, 3.63) is 111 Å². The molecule has 0 aliphatic rings. The summed E-state index contributed by atoms with van der Waals surface area (Å²) in [6.07, 6.45) is 1.45. The van der Waals surface area contributed by atoms with E-state index in [2.05, 4.69) is 5.32 Å². The Balaban J connectivity index is 1.78. The molecule has 0 radical (unpaired) electrons. The van der Waals surface area contributed by atoms with Gasteiger partial charge in [-0.25, -0.2) is 0 Å². The van der Waals surface area contributed by atoms with Crippen molar-refractivity contribution in [3.63, 3.8) is 0 Å². The number of ketones is 1. The van der Waals surface area contributed by atoms with Crippen LogP contribution in [0.2, 0.25) is 5.02 Å². The van der Waals surface area contributed by atoms with Gasteiger partial charge in [-0.1, -0.05) is 60.1 Å². The van der Waals surface area contributed by atoms with E-state index >= 15 is 0 Å². The molecule has 0 spiro atoms. The second-order valence-electron chi connectivity index (χ2n) is 7.22. The predicted molar refractivity (Wildman–Crippen MR) is 123 cm³/mol. The minimum absolute atomic E-state index is 0.00958. The molecule has 6 heteroatoms. The van der Waals surface area contributed by atoms with Crippen LogP contribution < -0.4 is 10.7 Å². The topological polar surface area (TPSA) is 68.2 Å². The molecule has 0 unspecified atom stereocenters. The third kappa shape index (κ3) is 4.27. The van der Waals surface area contributed by atoms with Crippen molar-refractivity contribution in [2.45, 2.75) is 13.5 Å². The van der Waals surface area contributed by atoms with Crippen LogP contribution in [-0.4, -0.2) is 16.3 Å². The van der Waals surface area contributed by atoms with Crippen molar-refractivity contribution >= 4 is 39.9 Å². The van der Waals surface area contributed by atoms with Gasteiger partial charge < -0.3 is 9.88 Å². The average Bonchev–Trinajstić information content (AvgIpc) is 2.77. The maximum absolute atomic E-state index is 13.1. The second-order valence-corrected chi connectivity index (χ2v) is 7.66. The molecule has 0 fully saturated rings. The Labute approximate surface area is 183 Å². The van der Waals surface area contributed by atoms with Crippen molar-refractivity contribution in [3.8, 4) is 0 Å². The zero-order chi connectivity index (χ0) is 22.0. The zero-order valence-electron chi connectivity index (χ0n) is 16.8. The van der Waals surface area contributed by atoms with Crippen molar-refractivity contribution in [2.75, 3.05) is 5.32 Å². The van der Waals surface area contributed by atoms with Crippen molar-refractivity contribution in [1.29, 1.82) is 0 Å². The maximum atomic E-state index is 13.1. The fraction of sp³-hybridized carbons (Fsp3) is 0.0800. The van der Waals surface area contributed by atoms with E-state index in [1.54, 1.807) is 47.0 Å². The molecule has 4 rings (SSSR count). The lowest BCUT2D eigenvalue weighted by Gasteiger charge is -2.14. The molecular weight excluding hydrogens is 412 g/mol. The van der Waals surface area contributed by atoms with Crippen LogP contribution in [0.1, 0.15) is 21.5 Å². The van der Waals surface area contributed by atoms with Gasteiger partial charge in [0.2, 0.25) is 11.3 Å². The quantitative estimate of drug-likeness (QED) is 0.461. The highest BCUT2D eigenvalue weighted by Gasteiger charge is 2.18. The van der Waals surface area contributed by atoms with E-state index in [0.29, 0.717) is 21.8 Å². The monoisotopic (exact) mass is 430 g/mol. The van der Waals surface area contributed by atoms with Crippen LogP contribution in [0.15, 0.2) is 83.8 Å². The zero-order valence-corrected chi connectivity index (χ0v) is 17.5. The number of pyridine rings is 1. The molecule has 0 saturated heterocycles. The number of nitrogens with one attached hydrogen (secondary N) is 1. The largest absolute Gasteiger partial charge is 0.337 e. The molecule has 1 heterocycles. The molecule has 5 nitrogen and oxygen atoms in total. The summed E-state index contributed by atoms with van der Waals surface area (Å²) in [5.74, 6) is -0.673. The van der Waals surface area contributed by atoms with Crippen molar-refractivity contribution in [1.82, 2.24) is 4.57 Å². The number of carbonyl (C=O) groups excluding carboxylic acids is 2. The minimum atomic E-state index is -0.415. The highest BCUT2D eigenvalue weighted by molar-refractivity contribution is 6.31. The summed E-state index contributed by atoms with van der Waals surface area (Å²) in [6, 6.07) is 20.9. The van der Waals surface area contributed by atoms with Gasteiger partial charge in [0.15, 0.2) is 5.78 Å². The molecule has 0 bridgehead atoms. The Bertz CT molecular complexity index is 1360. The van der Waals surface area contributed by atoms with E-state index < -0.39 is 11.2 Å². The number of anilines is 1. The molecule has 31 heavy (non-hydrogen) atoms. The number of fused-ring (bicyclic) bond motifs is 1. The minimum Gasteiger partial charge on any atom is -0.337 e. The molecule has 1 aromatic heterocycles. The molecule has 1 N–H and O–H groups in total. The number of aromatic nitrogens is 1. The van der Waals surface area contributed by atoms with Crippen molar-refractivity contribution < 1.29 is 9.59 Å². The first-order valence-electron chi connectivity index (χ1n) is 9.72. The standard InChI is InChI=1S/C25H19ClN2O3/c1-16-7-5-6-10-21(16)27-23(29)15-28-14-20(24(30)17-8-3-2-4-9-17)25(31)19-13-18(26)11-12-22(19)28/h2-14H,15H2,1H3,(H,27,29). The van der Waals surface area contributed by atoms with Crippen LogP contribution in [0, 0.1) is 6.92 Å². The lowest BCUT2D eigenvalue weighted by atomic mass is 10.0. The van der Waals surface area contributed by atoms with E-state index in [1.807, 2.05) is 31.2 Å². The van der Waals surface area contributed by atoms with Gasteiger partial charge in [-0.3, -0.25) is 14.4 Å². The number of hydrogen-bond acceptors (Lipinski definition) is 3. The van der Waals surface area contributed by atoms with Gasteiger partial charge in [0.05, 0.1) is 11.1 Å². The van der Waals surface area contributed by atoms with Crippen LogP contribution >= 0.6 is 11.6 Å². The smallest absolute Gasteiger partial charge is 0.244 e. The summed E-state index contributed by atoms with van der Waals surface area (Å²) in [5, 5.41) is 3.55. The van der Waals surface area contributed by atoms with Crippen LogP contribution in [0.25, 0.3) is 10.9 Å². The molecular formula is C25H19ClN2O3. The number of para-hydroxylation sites is 1. The van der Waals surface area contributed by atoms with Gasteiger partial charge in [0.25, 0.3) is 0 Å². The van der Waals surface area contributed by atoms with Crippen LogP contribution in [0.3, 0.4) is 0 Å². The predicted octanol–water partition coefficient (Wildman–Crippen LogP) is 4.83. The summed E-state index contributed by atoms with van der Waals surface area (Å²) in [5.41, 5.74) is 2.15. The number of amides is 1. The fourth-order valence-corrected chi connectivity index (χ4v) is 3.64. The van der Waals surface area contributed by atoms with E-state index in [4.69, 9.17) is 11.6 Å². The summed E-state index contributed by atoms with van der Waals surface area (Å²) >= 11 is 6.11. The van der Waals surface area contributed by atoms with E-state index in [0.717, 1.165) is 5.56 Å². The van der Waals surface area contributed by atoms with Gasteiger partial charge in [0.1, 0.15) is 6.54 Å². The molecule has 0 atom stereocenters. The second kappa shape index (κ2) is 8.58. The molecule has 0 aliphatic heterocycles. The number of carbonyl (C=O) groups is 2. The first-order chi connectivity index (χ1) is 14.9. The average molecular weight is 431 g/mol. The summed E-state index contributed by atoms with van der Waals surface area (Å²) in [6.45, 7) is 1.84. The first kappa shape index (κ1) is 20.6. The van der Waals surface area contributed by atoms with E-state index in [9.17, 15) is 14.4 Å². The van der Waals surface area contributed by atoms with E-state index in [-0.39, 0.29) is 23.4 Å². The number of nitrogens with zero attached hydrogens (tertiary/aromatic N) is 1. The molecule has 154 valence electrons. The molecule has 1 amide bonds. The van der Waals surface area contributed by atoms with Crippen LogP contribution in [-0.2, 0) is 11.3 Å². The Morgan fingerprint density at radius 1 is 0.968 bits per heavy atom. The fourth-order valence-electron chi connectivity index (χ4n) is 3.46. The van der Waals surface area contributed by atoms with Crippen LogP contribution in [0.5, 0.6) is 0 Å². The lowest BCUT2D eigenvalue weighted by molar-refractivity contribution is -0.116. The Hall–Kier alpha value is -3.70. The SMILES string of the molecule is Cc1ccccc1NC(=O)Cn1cc(C(=O)c2ccccc2)c(=O)c2cc(Cl)ccc21. The number of halogens is 1. The normalized spacial score (nSPS) is 10.8. The summed E-state index contributed by atoms with van der Waals surface area (Å²) in [7, 11) is 0. The highest BCUT2D eigenvalue weighted by atomic mass is 35.5. The first-order valence-corrected chi connectivity index (χ1v) is 10.1. The highest BCUT2D eigenvalue weighted by Crippen LogP contribution is 2.20. The van der Waals surface area contributed by atoms with Crippen molar-refractivity contribution in [2.24, 2.45) is 0 Å². The van der Waals surface area contributed by atoms with Gasteiger partial charge >= 0.3 is 0 Å². The molecule has 0 aliphatic carbocycles. The van der Waals surface area contributed by atoms with E-state index in [1.165, 1.54) is 12.3 Å². The van der Waals surface area contributed by atoms with Crippen LogP contribution in [0.4, 0.5) is 5.69 Å². The Morgan fingerprint density at radius 2 is 1.68 bits per heavy atom. The van der Waals surface area contributed by atoms with Gasteiger partial charge in [-0.15, -0.1) is 0 Å². The summed E-state index contributed by atoms with van der Waals surface area (Å²) in [4.78, 5) is 38.9. The number of benzene rings is 3. The van der Waals surface area contributed by atoms with Gasteiger partial charge in [0, 0.05) is 27.9 Å². The summed E-state index contributed by atoms with van der Waals surface area (Å²) < 4.78 is 1.61. The third-order valence-corrected chi connectivity index (χ3v) is 5.29. The molecule has 3 aromatic carbocycles. The Kier molecular flexibility index (Phi) is 5.69. The Morgan fingerprint density at radius 3 is 2.42 bits per heavy atom. The number of rotatable bonds is 5. The molecule has 0 saturated carbocycles.